The number of fused-ring (bicyclic) bond motifs is 2. The number of thioether (sulfide) groups is 1. The third-order valence-electron chi connectivity index (χ3n) is 5.32. The molecule has 0 spiro atoms. The van der Waals surface area contributed by atoms with Gasteiger partial charge < -0.3 is 19.9 Å². The van der Waals surface area contributed by atoms with Crippen LogP contribution < -0.4 is 9.51 Å². The topological polar surface area (TPSA) is 89.7 Å². The maximum absolute atomic E-state index is 12.4. The highest BCUT2D eigenvalue weighted by Crippen LogP contribution is 2.51. The van der Waals surface area contributed by atoms with Gasteiger partial charge in [-0.2, -0.15) is 4.40 Å². The molecule has 2 aromatic rings. The summed E-state index contributed by atoms with van der Waals surface area (Å²) in [7, 11) is 1.97. The fourth-order valence-corrected chi connectivity index (χ4v) is 6.43. The van der Waals surface area contributed by atoms with Gasteiger partial charge in [0.2, 0.25) is 22.1 Å². The van der Waals surface area contributed by atoms with Crippen LogP contribution in [0.25, 0.3) is 10.4 Å². The Morgan fingerprint density at radius 1 is 1.50 bits per heavy atom. The Kier molecular flexibility index (Phi) is 3.94. The number of aliphatic hydroxyl groups is 1. The van der Waals surface area contributed by atoms with E-state index in [-0.39, 0.29) is 23.6 Å². The van der Waals surface area contributed by atoms with E-state index in [2.05, 4.69) is 0 Å². The molecule has 0 aromatic carbocycles. The molecular formula is C17H19N3O4S2. The molecule has 4 rings (SSSR count). The van der Waals surface area contributed by atoms with Crippen molar-refractivity contribution in [2.75, 3.05) is 6.26 Å². The Bertz CT molecular complexity index is 974. The van der Waals surface area contributed by atoms with Crippen LogP contribution in [0.4, 0.5) is 0 Å². The van der Waals surface area contributed by atoms with Crippen molar-refractivity contribution in [2.45, 2.75) is 31.0 Å². The SMILES string of the molecule is CSc1c2sc(C3=C(C(=O)[O-])N4C(=O)[C@H]([C@@H](C)O)[C@H]4[C@H]3C)c[n+]2cn1C. The summed E-state index contributed by atoms with van der Waals surface area (Å²) in [5.74, 6) is -2.44. The number of rotatable bonds is 4. The lowest BCUT2D eigenvalue weighted by Gasteiger charge is -2.47. The van der Waals surface area contributed by atoms with Crippen LogP contribution in [0, 0.1) is 11.8 Å². The average molecular weight is 393 g/mol. The maximum Gasteiger partial charge on any atom is 0.250 e. The minimum atomic E-state index is -1.35. The molecule has 0 radical (unpaired) electrons. The Labute approximate surface area is 158 Å². The fraction of sp³-hybridized carbons (Fsp3) is 0.471. The van der Waals surface area contributed by atoms with Crippen LogP contribution in [-0.4, -0.2) is 44.9 Å². The van der Waals surface area contributed by atoms with Crippen molar-refractivity contribution < 1.29 is 24.2 Å². The van der Waals surface area contributed by atoms with Gasteiger partial charge in [0, 0.05) is 11.5 Å². The van der Waals surface area contributed by atoms with Crippen LogP contribution in [0.3, 0.4) is 0 Å². The van der Waals surface area contributed by atoms with Gasteiger partial charge in [-0.1, -0.05) is 30.0 Å². The molecule has 2 aliphatic heterocycles. The van der Waals surface area contributed by atoms with E-state index in [0.29, 0.717) is 5.57 Å². The van der Waals surface area contributed by atoms with Crippen molar-refractivity contribution in [1.29, 1.82) is 0 Å². The van der Waals surface area contributed by atoms with E-state index in [0.717, 1.165) is 14.7 Å². The van der Waals surface area contributed by atoms with Gasteiger partial charge >= 0.3 is 0 Å². The Hall–Kier alpha value is -1.84. The van der Waals surface area contributed by atoms with Gasteiger partial charge in [0.05, 0.1) is 41.7 Å². The Morgan fingerprint density at radius 2 is 2.19 bits per heavy atom. The molecule has 2 aliphatic rings. The van der Waals surface area contributed by atoms with E-state index in [1.54, 1.807) is 18.7 Å². The molecule has 1 amide bonds. The first-order valence-corrected chi connectivity index (χ1v) is 10.3. The standard InChI is InChI=1S/C17H19N3O4S2/c1-7-10(9-5-19-6-18(3)15(25-4)16(19)26-9)13(17(23)24)20-12(7)11(8(2)21)14(20)22/h5-8,11-12,21H,1-4H3/t7-,8+,11+,12+/m0/s1. The van der Waals surface area contributed by atoms with Gasteiger partial charge in [0.25, 0.3) is 0 Å². The number of carboxylic acids is 1. The molecule has 0 unspecified atom stereocenters. The van der Waals surface area contributed by atoms with Crippen molar-refractivity contribution in [1.82, 2.24) is 9.47 Å². The molecule has 7 nitrogen and oxygen atoms in total. The van der Waals surface area contributed by atoms with Gasteiger partial charge in [-0.15, -0.1) is 0 Å². The number of imidazole rings is 1. The number of hydrogen-bond donors (Lipinski definition) is 1. The number of carbonyl (C=O) groups excluding carboxylic acids is 2. The normalized spacial score (nSPS) is 26.4. The van der Waals surface area contributed by atoms with E-state index in [9.17, 15) is 19.8 Å². The number of aromatic nitrogens is 2. The number of carbonyl (C=O) groups is 2. The lowest BCUT2D eigenvalue weighted by Crippen LogP contribution is -2.64. The average Bonchev–Trinajstić information content (AvgIpc) is 3.14. The predicted octanol–water partition coefficient (Wildman–Crippen LogP) is -0.134. The molecule has 9 heteroatoms. The summed E-state index contributed by atoms with van der Waals surface area (Å²) >= 11 is 3.13. The van der Waals surface area contributed by atoms with Crippen LogP contribution in [0.1, 0.15) is 18.7 Å². The molecule has 138 valence electrons. The van der Waals surface area contributed by atoms with Crippen molar-refractivity contribution in [3.05, 3.63) is 23.1 Å². The summed E-state index contributed by atoms with van der Waals surface area (Å²) in [5, 5.41) is 22.9. The number of aryl methyl sites for hydroxylation is 1. The first kappa shape index (κ1) is 17.6. The number of amides is 1. The molecule has 0 saturated carbocycles. The third kappa shape index (κ3) is 2.14. The highest BCUT2D eigenvalue weighted by Gasteiger charge is 2.59. The molecular weight excluding hydrogens is 374 g/mol. The molecule has 1 fully saturated rings. The lowest BCUT2D eigenvalue weighted by molar-refractivity contribution is -0.508. The second kappa shape index (κ2) is 5.83. The van der Waals surface area contributed by atoms with E-state index < -0.39 is 18.0 Å². The molecule has 2 aromatic heterocycles. The van der Waals surface area contributed by atoms with Crippen LogP contribution >= 0.6 is 23.1 Å². The number of thiazole rings is 1. The number of carboxylic acid groups (broad SMARTS) is 1. The summed E-state index contributed by atoms with van der Waals surface area (Å²) in [4.78, 5) is 27.4. The summed E-state index contributed by atoms with van der Waals surface area (Å²) in [6, 6.07) is -0.331. The minimum absolute atomic E-state index is 0.0519. The number of aliphatic hydroxyl groups excluding tert-OH is 1. The third-order valence-corrected chi connectivity index (χ3v) is 7.46. The van der Waals surface area contributed by atoms with E-state index in [1.807, 2.05) is 41.7 Å². The van der Waals surface area contributed by atoms with Gasteiger partial charge in [-0.25, -0.2) is 4.57 Å². The lowest BCUT2D eigenvalue weighted by atomic mass is 9.77. The number of aliphatic carboxylic acids is 1. The van der Waals surface area contributed by atoms with Crippen LogP contribution in [0.2, 0.25) is 0 Å². The predicted molar refractivity (Wildman–Crippen MR) is 95.1 cm³/mol. The van der Waals surface area contributed by atoms with Crippen molar-refractivity contribution >= 4 is 45.4 Å². The van der Waals surface area contributed by atoms with E-state index in [1.165, 1.54) is 16.2 Å². The highest BCUT2D eigenvalue weighted by atomic mass is 32.2. The van der Waals surface area contributed by atoms with Gasteiger partial charge in [0.15, 0.2) is 0 Å². The zero-order chi connectivity index (χ0) is 18.9. The first-order chi connectivity index (χ1) is 12.3. The van der Waals surface area contributed by atoms with Gasteiger partial charge in [-0.3, -0.25) is 4.79 Å². The molecule has 0 aliphatic carbocycles. The highest BCUT2D eigenvalue weighted by molar-refractivity contribution is 7.98. The van der Waals surface area contributed by atoms with E-state index in [4.69, 9.17) is 0 Å². The molecule has 26 heavy (non-hydrogen) atoms. The van der Waals surface area contributed by atoms with Crippen LogP contribution in [0.5, 0.6) is 0 Å². The second-order valence-electron chi connectivity index (χ2n) is 6.85. The van der Waals surface area contributed by atoms with Gasteiger partial charge in [0.1, 0.15) is 6.20 Å². The van der Waals surface area contributed by atoms with Crippen LogP contribution in [-0.2, 0) is 16.6 Å². The molecule has 1 N–H and O–H groups in total. The van der Waals surface area contributed by atoms with Gasteiger partial charge in [-0.05, 0) is 13.2 Å². The second-order valence-corrected chi connectivity index (χ2v) is 8.67. The molecule has 1 saturated heterocycles. The monoisotopic (exact) mass is 393 g/mol. The molecule has 0 bridgehead atoms. The maximum atomic E-state index is 12.4. The summed E-state index contributed by atoms with van der Waals surface area (Å²) in [5.41, 5.74) is 0.568. The van der Waals surface area contributed by atoms with Crippen molar-refractivity contribution in [2.24, 2.45) is 18.9 Å². The fourth-order valence-electron chi connectivity index (χ4n) is 4.24. The summed E-state index contributed by atoms with van der Waals surface area (Å²) < 4.78 is 3.99. The Balaban J connectivity index is 1.86. The minimum Gasteiger partial charge on any atom is -0.543 e. The zero-order valence-electron chi connectivity index (χ0n) is 14.8. The summed E-state index contributed by atoms with van der Waals surface area (Å²) in [6.07, 6.45) is 5.03. The van der Waals surface area contributed by atoms with Crippen LogP contribution in [0.15, 0.2) is 23.2 Å². The quantitative estimate of drug-likeness (QED) is 0.444. The number of β-lactam (4-membered cyclic amide) rings is 1. The first-order valence-electron chi connectivity index (χ1n) is 8.29. The smallest absolute Gasteiger partial charge is 0.250 e. The van der Waals surface area contributed by atoms with Crippen molar-refractivity contribution in [3.63, 3.8) is 0 Å². The number of hydrogen-bond acceptors (Lipinski definition) is 6. The summed E-state index contributed by atoms with van der Waals surface area (Å²) in [6.45, 7) is 3.48. The molecule has 4 heterocycles. The largest absolute Gasteiger partial charge is 0.543 e. The zero-order valence-corrected chi connectivity index (χ0v) is 16.4. The van der Waals surface area contributed by atoms with E-state index >= 15 is 0 Å². The Morgan fingerprint density at radius 3 is 2.77 bits per heavy atom. The molecule has 4 atom stereocenters. The number of nitrogens with zero attached hydrogens (tertiary/aromatic N) is 3. The van der Waals surface area contributed by atoms with Crippen molar-refractivity contribution in [3.8, 4) is 0 Å².